The van der Waals surface area contributed by atoms with Gasteiger partial charge in [-0.15, -0.1) is 0 Å². The monoisotopic (exact) mass is 380 g/mol. The molecule has 0 saturated heterocycles. The molecule has 2 aliphatic rings. The number of hydrogen-bond donors (Lipinski definition) is 0. The van der Waals surface area contributed by atoms with E-state index >= 15 is 0 Å². The quantitative estimate of drug-likeness (QED) is 0.184. The van der Waals surface area contributed by atoms with Gasteiger partial charge in [-0.05, 0) is 47.5 Å². The van der Waals surface area contributed by atoms with E-state index in [2.05, 4.69) is 13.0 Å². The number of fused-ring (bicyclic) bond motifs is 1. The van der Waals surface area contributed by atoms with Crippen molar-refractivity contribution in [2.24, 2.45) is 17.3 Å². The lowest BCUT2D eigenvalue weighted by Gasteiger charge is -2.23. The molecule has 0 N–H and O–H groups in total. The number of carbonyl (C=O) groups is 2. The van der Waals surface area contributed by atoms with Crippen molar-refractivity contribution >= 4 is 11.8 Å². The topological polar surface area (TPSA) is 61.8 Å². The maximum Gasteiger partial charge on any atom is 0.321 e. The van der Waals surface area contributed by atoms with Gasteiger partial charge in [0.1, 0.15) is 11.0 Å². The zero-order chi connectivity index (χ0) is 20.2. The van der Waals surface area contributed by atoms with Gasteiger partial charge in [-0.3, -0.25) is 9.59 Å². The van der Waals surface area contributed by atoms with Crippen LogP contribution >= 0.6 is 0 Å². The maximum atomic E-state index is 13.0. The molecule has 2 rings (SSSR count). The number of ether oxygens (including phenoxy) is 3. The van der Waals surface area contributed by atoms with E-state index in [4.69, 9.17) is 14.2 Å². The van der Waals surface area contributed by atoms with Crippen LogP contribution in [0.3, 0.4) is 0 Å². The van der Waals surface area contributed by atoms with Crippen molar-refractivity contribution in [2.45, 2.75) is 91.6 Å². The van der Waals surface area contributed by atoms with Crippen LogP contribution in [-0.2, 0) is 23.8 Å². The molecule has 0 bridgehead atoms. The number of Topliss-reactive ketones (excluding diaryl/α,β-unsaturated/α-hetero) is 1. The second-order valence-corrected chi connectivity index (χ2v) is 8.67. The Morgan fingerprint density at radius 1 is 1.30 bits per heavy atom. The van der Waals surface area contributed by atoms with Crippen molar-refractivity contribution in [2.75, 3.05) is 6.61 Å². The Labute approximate surface area is 163 Å². The van der Waals surface area contributed by atoms with Crippen LogP contribution in [0.2, 0.25) is 0 Å². The first-order chi connectivity index (χ1) is 12.7. The molecule has 0 aromatic rings. The fourth-order valence-electron chi connectivity index (χ4n) is 4.25. The molecule has 0 radical (unpaired) electrons. The minimum absolute atomic E-state index is 0.0568. The summed E-state index contributed by atoms with van der Waals surface area (Å²) in [6.07, 6.45) is 8.17. The van der Waals surface area contributed by atoms with E-state index < -0.39 is 23.3 Å². The molecular weight excluding hydrogens is 344 g/mol. The Balaban J connectivity index is 2.16. The molecule has 0 aliphatic heterocycles. The van der Waals surface area contributed by atoms with Gasteiger partial charge in [0.15, 0.2) is 12.1 Å². The summed E-state index contributed by atoms with van der Waals surface area (Å²) in [5.41, 5.74) is -1.68. The minimum Gasteiger partial charge on any atom is -0.459 e. The Morgan fingerprint density at radius 2 is 2.00 bits per heavy atom. The SMILES string of the molecule is CCCCCC=CC1C2C(OC(C)OCC)CC(=O)C12C(=O)OC(C)(C)C. The number of ketones is 1. The zero-order valence-electron chi connectivity index (χ0n) is 17.7. The third kappa shape index (κ3) is 4.80. The van der Waals surface area contributed by atoms with Crippen LogP contribution in [0.5, 0.6) is 0 Å². The largest absolute Gasteiger partial charge is 0.459 e. The Morgan fingerprint density at radius 3 is 2.59 bits per heavy atom. The summed E-state index contributed by atoms with van der Waals surface area (Å²) >= 11 is 0. The van der Waals surface area contributed by atoms with Gasteiger partial charge in [0, 0.05) is 24.9 Å². The minimum atomic E-state index is -1.06. The smallest absolute Gasteiger partial charge is 0.321 e. The summed E-state index contributed by atoms with van der Waals surface area (Å²) in [7, 11) is 0. The highest BCUT2D eigenvalue weighted by atomic mass is 16.7. The predicted octanol–water partition coefficient (Wildman–Crippen LogP) is 4.44. The lowest BCUT2D eigenvalue weighted by molar-refractivity contribution is -0.166. The summed E-state index contributed by atoms with van der Waals surface area (Å²) in [4.78, 5) is 25.9. The van der Waals surface area contributed by atoms with Crippen molar-refractivity contribution in [3.63, 3.8) is 0 Å². The first-order valence-electron chi connectivity index (χ1n) is 10.4. The van der Waals surface area contributed by atoms with E-state index in [1.807, 2.05) is 40.7 Å². The van der Waals surface area contributed by atoms with Gasteiger partial charge in [0.2, 0.25) is 0 Å². The molecule has 0 aromatic heterocycles. The highest BCUT2D eigenvalue weighted by Gasteiger charge is 2.80. The molecule has 5 unspecified atom stereocenters. The van der Waals surface area contributed by atoms with Crippen LogP contribution in [0.4, 0.5) is 0 Å². The third-order valence-corrected chi connectivity index (χ3v) is 5.40. The zero-order valence-corrected chi connectivity index (χ0v) is 17.7. The average Bonchev–Trinajstić information content (AvgIpc) is 3.13. The number of esters is 1. The van der Waals surface area contributed by atoms with Crippen LogP contribution in [0.15, 0.2) is 12.2 Å². The summed E-state index contributed by atoms with van der Waals surface area (Å²) < 4.78 is 17.1. The van der Waals surface area contributed by atoms with Crippen molar-refractivity contribution in [1.82, 2.24) is 0 Å². The molecule has 0 spiro atoms. The molecule has 0 amide bonds. The Bertz CT molecular complexity index is 562. The van der Waals surface area contributed by atoms with Gasteiger partial charge in [-0.1, -0.05) is 31.9 Å². The molecule has 0 aromatic carbocycles. The lowest BCUT2D eigenvalue weighted by atomic mass is 9.97. The third-order valence-electron chi connectivity index (χ3n) is 5.40. The average molecular weight is 381 g/mol. The number of hydrogen-bond acceptors (Lipinski definition) is 5. The van der Waals surface area contributed by atoms with Gasteiger partial charge in [-0.25, -0.2) is 0 Å². The number of allylic oxidation sites excluding steroid dienone is 2. The molecule has 5 atom stereocenters. The predicted molar refractivity (Wildman–Crippen MR) is 104 cm³/mol. The number of unbranched alkanes of at least 4 members (excludes halogenated alkanes) is 3. The molecule has 2 aliphatic carbocycles. The fourth-order valence-corrected chi connectivity index (χ4v) is 4.25. The van der Waals surface area contributed by atoms with Crippen molar-refractivity contribution in [1.29, 1.82) is 0 Å². The molecule has 27 heavy (non-hydrogen) atoms. The highest BCUT2D eigenvalue weighted by molar-refractivity contribution is 6.11. The van der Waals surface area contributed by atoms with E-state index in [1.54, 1.807) is 0 Å². The van der Waals surface area contributed by atoms with E-state index in [0.29, 0.717) is 6.61 Å². The van der Waals surface area contributed by atoms with E-state index in [1.165, 1.54) is 12.8 Å². The summed E-state index contributed by atoms with van der Waals surface area (Å²) in [6, 6.07) is 0. The second kappa shape index (κ2) is 8.87. The van der Waals surface area contributed by atoms with Crippen LogP contribution < -0.4 is 0 Å². The van der Waals surface area contributed by atoms with Gasteiger partial charge < -0.3 is 14.2 Å². The van der Waals surface area contributed by atoms with Gasteiger partial charge in [-0.2, -0.15) is 0 Å². The summed E-state index contributed by atoms with van der Waals surface area (Å²) in [5.74, 6) is -0.735. The normalized spacial score (nSPS) is 31.2. The Kier molecular flexibility index (Phi) is 7.26. The first-order valence-corrected chi connectivity index (χ1v) is 10.4. The Hall–Kier alpha value is -1.20. The number of rotatable bonds is 10. The molecule has 5 heteroatoms. The van der Waals surface area contributed by atoms with Crippen molar-refractivity contribution in [3.8, 4) is 0 Å². The highest BCUT2D eigenvalue weighted by Crippen LogP contribution is 2.68. The van der Waals surface area contributed by atoms with Gasteiger partial charge >= 0.3 is 5.97 Å². The van der Waals surface area contributed by atoms with Crippen LogP contribution in [-0.4, -0.2) is 36.4 Å². The summed E-state index contributed by atoms with van der Waals surface area (Å²) in [5, 5.41) is 0. The first kappa shape index (κ1) is 22.1. The lowest BCUT2D eigenvalue weighted by Crippen LogP contribution is -2.34. The fraction of sp³-hybridized carbons (Fsp3) is 0.818. The molecule has 2 fully saturated rings. The standard InChI is InChI=1S/C22H36O5/c1-7-9-10-11-12-13-16-19-17(26-15(3)25-8-2)14-18(23)22(16,19)20(24)27-21(4,5)6/h12-13,15-17,19H,7-11,14H2,1-6H3. The molecular formula is C22H36O5. The van der Waals surface area contributed by atoms with Crippen LogP contribution in [0.25, 0.3) is 0 Å². The van der Waals surface area contributed by atoms with E-state index in [0.717, 1.165) is 12.8 Å². The molecule has 154 valence electrons. The van der Waals surface area contributed by atoms with E-state index in [9.17, 15) is 9.59 Å². The summed E-state index contributed by atoms with van der Waals surface area (Å²) in [6.45, 7) is 12.0. The van der Waals surface area contributed by atoms with Crippen LogP contribution in [0.1, 0.15) is 73.6 Å². The van der Waals surface area contributed by atoms with Gasteiger partial charge in [0.05, 0.1) is 6.10 Å². The second-order valence-electron chi connectivity index (χ2n) is 8.67. The maximum absolute atomic E-state index is 13.0. The van der Waals surface area contributed by atoms with Crippen molar-refractivity contribution in [3.05, 3.63) is 12.2 Å². The van der Waals surface area contributed by atoms with E-state index in [-0.39, 0.29) is 30.1 Å². The molecule has 0 heterocycles. The number of carbonyl (C=O) groups excluding carboxylic acids is 2. The van der Waals surface area contributed by atoms with Gasteiger partial charge in [0.25, 0.3) is 0 Å². The molecule has 2 saturated carbocycles. The van der Waals surface area contributed by atoms with Crippen molar-refractivity contribution < 1.29 is 23.8 Å². The van der Waals surface area contributed by atoms with Crippen LogP contribution in [0, 0.1) is 17.3 Å². The molecule has 5 nitrogen and oxygen atoms in total.